The number of esters is 1. The molecule has 2 aliphatic rings. The Morgan fingerprint density at radius 2 is 1.64 bits per heavy atom. The van der Waals surface area contributed by atoms with Gasteiger partial charge in [-0.05, 0) is 42.7 Å². The summed E-state index contributed by atoms with van der Waals surface area (Å²) < 4.78 is 50.6. The predicted molar refractivity (Wildman–Crippen MR) is 134 cm³/mol. The number of hydrogen-bond donors (Lipinski definition) is 1. The van der Waals surface area contributed by atoms with E-state index in [1.807, 2.05) is 0 Å². The molecule has 2 aromatic carbocycles. The molecular weight excluding hydrogens is 519 g/mol. The topological polar surface area (TPSA) is 105 Å². The number of carbonyl (C=O) groups excluding carboxylic acids is 4. The number of fused-ring (bicyclic) bond motifs is 1. The first-order valence-corrected chi connectivity index (χ1v) is 12.4. The molecule has 39 heavy (non-hydrogen) atoms. The van der Waals surface area contributed by atoms with Gasteiger partial charge in [0.2, 0.25) is 0 Å². The van der Waals surface area contributed by atoms with E-state index in [2.05, 4.69) is 5.32 Å². The second-order valence-corrected chi connectivity index (χ2v) is 9.66. The maximum atomic E-state index is 13.4. The molecule has 9 nitrogen and oxygen atoms in total. The molecule has 1 atom stereocenters. The van der Waals surface area contributed by atoms with Gasteiger partial charge in [-0.15, -0.1) is 0 Å². The number of alkyl halides is 3. The van der Waals surface area contributed by atoms with Crippen LogP contribution in [0.1, 0.15) is 46.5 Å². The molecule has 0 aromatic heterocycles. The highest BCUT2D eigenvalue weighted by atomic mass is 19.4. The minimum Gasteiger partial charge on any atom is -0.454 e. The third kappa shape index (κ3) is 6.22. The average molecular weight is 548 g/mol. The van der Waals surface area contributed by atoms with Crippen LogP contribution in [0.4, 0.5) is 24.5 Å². The lowest BCUT2D eigenvalue weighted by Crippen LogP contribution is -2.46. The molecular formula is C27H28F3N3O6. The van der Waals surface area contributed by atoms with Crippen molar-refractivity contribution in [2.45, 2.75) is 32.5 Å². The fourth-order valence-electron chi connectivity index (χ4n) is 4.56. The summed E-state index contributed by atoms with van der Waals surface area (Å²) in [6.07, 6.45) is -4.54. The van der Waals surface area contributed by atoms with Crippen molar-refractivity contribution in [2.24, 2.45) is 5.92 Å². The van der Waals surface area contributed by atoms with Crippen LogP contribution in [-0.4, -0.2) is 67.5 Å². The van der Waals surface area contributed by atoms with Gasteiger partial charge >= 0.3 is 12.1 Å². The van der Waals surface area contributed by atoms with Crippen LogP contribution in [0.25, 0.3) is 0 Å². The number of rotatable bonds is 8. The van der Waals surface area contributed by atoms with Crippen molar-refractivity contribution in [1.82, 2.24) is 4.90 Å². The Morgan fingerprint density at radius 1 is 1.03 bits per heavy atom. The molecule has 2 aromatic rings. The highest BCUT2D eigenvalue weighted by Gasteiger charge is 2.43. The number of ether oxygens (including phenoxy) is 2. The molecule has 1 N–H and O–H groups in total. The lowest BCUT2D eigenvalue weighted by molar-refractivity contribution is -0.151. The molecule has 0 radical (unpaired) electrons. The maximum Gasteiger partial charge on any atom is 0.416 e. The fourth-order valence-corrected chi connectivity index (χ4v) is 4.56. The Labute approximate surface area is 222 Å². The van der Waals surface area contributed by atoms with Crippen molar-refractivity contribution >= 4 is 35.1 Å². The molecule has 0 saturated carbocycles. The van der Waals surface area contributed by atoms with Crippen molar-refractivity contribution in [3.05, 3.63) is 59.2 Å². The number of hydrogen-bond acceptors (Lipinski definition) is 7. The molecule has 3 amide bonds. The van der Waals surface area contributed by atoms with E-state index < -0.39 is 48.1 Å². The lowest BCUT2D eigenvalue weighted by atomic mass is 10.0. The Bertz CT molecular complexity index is 1240. The zero-order chi connectivity index (χ0) is 28.3. The van der Waals surface area contributed by atoms with Crippen molar-refractivity contribution in [2.75, 3.05) is 43.1 Å². The smallest absolute Gasteiger partial charge is 0.416 e. The summed E-state index contributed by atoms with van der Waals surface area (Å²) in [4.78, 5) is 54.3. The van der Waals surface area contributed by atoms with Gasteiger partial charge in [-0.3, -0.25) is 19.3 Å². The molecule has 208 valence electrons. The van der Waals surface area contributed by atoms with Gasteiger partial charge in [0.15, 0.2) is 6.61 Å². The van der Waals surface area contributed by atoms with Crippen LogP contribution in [0.3, 0.4) is 0 Å². The van der Waals surface area contributed by atoms with Gasteiger partial charge in [-0.2, -0.15) is 13.2 Å². The molecule has 1 saturated heterocycles. The predicted octanol–water partition coefficient (Wildman–Crippen LogP) is 3.73. The zero-order valence-electron chi connectivity index (χ0n) is 21.4. The number of nitrogens with zero attached hydrogens (tertiary/aromatic N) is 2. The van der Waals surface area contributed by atoms with E-state index in [1.54, 1.807) is 30.9 Å². The zero-order valence-corrected chi connectivity index (χ0v) is 21.4. The minimum atomic E-state index is -4.63. The Balaban J connectivity index is 1.49. The summed E-state index contributed by atoms with van der Waals surface area (Å²) in [5.74, 6) is -3.22. The number of nitrogens with one attached hydrogen (secondary N) is 1. The van der Waals surface area contributed by atoms with Crippen LogP contribution in [-0.2, 0) is 25.2 Å². The fraction of sp³-hybridized carbons (Fsp3) is 0.407. The number of amides is 3. The average Bonchev–Trinajstić information content (AvgIpc) is 3.15. The lowest BCUT2D eigenvalue weighted by Gasteiger charge is -2.31. The van der Waals surface area contributed by atoms with Gasteiger partial charge in [0.05, 0.1) is 41.3 Å². The first-order valence-electron chi connectivity index (χ1n) is 12.4. The van der Waals surface area contributed by atoms with Crippen LogP contribution < -0.4 is 10.2 Å². The quantitative estimate of drug-likeness (QED) is 0.397. The van der Waals surface area contributed by atoms with Gasteiger partial charge in [-0.1, -0.05) is 26.0 Å². The summed E-state index contributed by atoms with van der Waals surface area (Å²) >= 11 is 0. The number of imide groups is 1. The summed E-state index contributed by atoms with van der Waals surface area (Å²) in [6, 6.07) is 7.94. The van der Waals surface area contributed by atoms with Gasteiger partial charge in [0.25, 0.3) is 17.7 Å². The second kappa shape index (κ2) is 11.4. The molecule has 1 unspecified atom stereocenters. The van der Waals surface area contributed by atoms with E-state index in [1.165, 1.54) is 18.2 Å². The van der Waals surface area contributed by atoms with Crippen molar-refractivity contribution in [1.29, 1.82) is 0 Å². The SMILES string of the molecule is CC(C)CC(C(=O)OCC(=O)Nc1cc(C(F)(F)F)ccc1N1CCOCC1)N1C(=O)c2ccccc2C1=O. The normalized spacial score (nSPS) is 16.4. The van der Waals surface area contributed by atoms with Crippen molar-refractivity contribution in [3.8, 4) is 0 Å². The van der Waals surface area contributed by atoms with Crippen LogP contribution >= 0.6 is 0 Å². The van der Waals surface area contributed by atoms with Crippen LogP contribution in [0.15, 0.2) is 42.5 Å². The Morgan fingerprint density at radius 3 is 2.21 bits per heavy atom. The monoisotopic (exact) mass is 547 g/mol. The van der Waals surface area contributed by atoms with E-state index in [0.717, 1.165) is 17.0 Å². The molecule has 2 heterocycles. The van der Waals surface area contributed by atoms with Crippen molar-refractivity contribution in [3.63, 3.8) is 0 Å². The largest absolute Gasteiger partial charge is 0.454 e. The number of carbonyl (C=O) groups is 4. The first-order chi connectivity index (χ1) is 18.5. The minimum absolute atomic E-state index is 0.0909. The molecule has 2 aliphatic heterocycles. The Kier molecular flexibility index (Phi) is 8.24. The van der Waals surface area contributed by atoms with Gasteiger partial charge in [-0.25, -0.2) is 4.79 Å². The first kappa shape index (κ1) is 28.1. The summed E-state index contributed by atoms with van der Waals surface area (Å²) in [5.41, 5.74) is -0.333. The third-order valence-electron chi connectivity index (χ3n) is 6.40. The third-order valence-corrected chi connectivity index (χ3v) is 6.40. The number of benzene rings is 2. The molecule has 0 aliphatic carbocycles. The van der Waals surface area contributed by atoms with Gasteiger partial charge in [0.1, 0.15) is 6.04 Å². The Hall–Kier alpha value is -3.93. The number of anilines is 2. The number of morpholine rings is 1. The molecule has 4 rings (SSSR count). The van der Waals surface area contributed by atoms with E-state index in [0.29, 0.717) is 32.0 Å². The second-order valence-electron chi connectivity index (χ2n) is 9.66. The molecule has 0 bridgehead atoms. The molecule has 1 fully saturated rings. The molecule has 12 heteroatoms. The number of halogens is 3. The highest BCUT2D eigenvalue weighted by Crippen LogP contribution is 2.36. The van der Waals surface area contributed by atoms with E-state index in [9.17, 15) is 32.3 Å². The van der Waals surface area contributed by atoms with E-state index in [4.69, 9.17) is 9.47 Å². The summed E-state index contributed by atoms with van der Waals surface area (Å²) in [5, 5.41) is 2.41. The highest BCUT2D eigenvalue weighted by molar-refractivity contribution is 6.22. The maximum absolute atomic E-state index is 13.4. The van der Waals surface area contributed by atoms with Crippen LogP contribution in [0, 0.1) is 5.92 Å². The van der Waals surface area contributed by atoms with Gasteiger partial charge in [0, 0.05) is 13.1 Å². The van der Waals surface area contributed by atoms with Gasteiger partial charge < -0.3 is 19.7 Å². The molecule has 0 spiro atoms. The summed E-state index contributed by atoms with van der Waals surface area (Å²) in [6.45, 7) is 4.36. The van der Waals surface area contributed by atoms with Crippen molar-refractivity contribution < 1.29 is 41.8 Å². The van der Waals surface area contributed by atoms with Crippen LogP contribution in [0.5, 0.6) is 0 Å². The van der Waals surface area contributed by atoms with Crippen LogP contribution in [0.2, 0.25) is 0 Å². The van der Waals surface area contributed by atoms with E-state index >= 15 is 0 Å². The standard InChI is InChI=1S/C27H28F3N3O6/c1-16(2)13-22(33-24(35)18-5-3-4-6-19(18)25(33)36)26(37)39-15-23(34)31-20-14-17(27(28,29)30)7-8-21(20)32-9-11-38-12-10-32/h3-8,14,16,22H,9-13,15H2,1-2H3,(H,31,34). The summed E-state index contributed by atoms with van der Waals surface area (Å²) in [7, 11) is 0. The van der Waals surface area contributed by atoms with E-state index in [-0.39, 0.29) is 29.2 Å².